The normalized spacial score (nSPS) is 10.9. The molecule has 0 spiro atoms. The molecular weight excluding hydrogens is 156 g/mol. The van der Waals surface area contributed by atoms with Crippen LogP contribution >= 0.6 is 0 Å². The predicted octanol–water partition coefficient (Wildman–Crippen LogP) is 0.588. The predicted molar refractivity (Wildman–Crippen MR) is 39.6 cm³/mol. The first-order valence-corrected chi connectivity index (χ1v) is 3.48. The number of ketones is 2. The van der Waals surface area contributed by atoms with Crippen LogP contribution in [0.25, 0.3) is 0 Å². The van der Waals surface area contributed by atoms with E-state index >= 15 is 0 Å². The van der Waals surface area contributed by atoms with Crippen molar-refractivity contribution in [3.63, 3.8) is 0 Å². The van der Waals surface area contributed by atoms with Crippen LogP contribution in [-0.2, 0) is 9.59 Å². The number of hydrogen-bond donors (Lipinski definition) is 0. The molecule has 0 aliphatic heterocycles. The van der Waals surface area contributed by atoms with Gasteiger partial charge in [-0.1, -0.05) is 6.92 Å². The summed E-state index contributed by atoms with van der Waals surface area (Å²) in [6, 6.07) is 2.92. The zero-order chi connectivity index (χ0) is 9.56. The van der Waals surface area contributed by atoms with Crippen molar-refractivity contribution in [1.82, 2.24) is 0 Å². The molecule has 12 heavy (non-hydrogen) atoms. The van der Waals surface area contributed by atoms with Crippen molar-refractivity contribution in [2.45, 2.75) is 19.8 Å². The molecule has 0 aromatic carbocycles. The molecule has 1 unspecified atom stereocenters. The molecular formula is C8H8N2O2. The van der Waals surface area contributed by atoms with Gasteiger partial charge in [-0.2, -0.15) is 10.5 Å². The van der Waals surface area contributed by atoms with Crippen LogP contribution in [0.3, 0.4) is 0 Å². The maximum Gasteiger partial charge on any atom is 0.234 e. The fraction of sp³-hybridized carbons (Fsp3) is 0.500. The fourth-order valence-electron chi connectivity index (χ4n) is 0.645. The van der Waals surface area contributed by atoms with Gasteiger partial charge in [0.05, 0.1) is 0 Å². The molecule has 0 aromatic rings. The summed E-state index contributed by atoms with van der Waals surface area (Å²) in [6.07, 6.45) is 0.323. The van der Waals surface area contributed by atoms with Gasteiger partial charge in [0.15, 0.2) is 0 Å². The molecule has 0 N–H and O–H groups in total. The lowest BCUT2D eigenvalue weighted by molar-refractivity contribution is -0.117. The van der Waals surface area contributed by atoms with Crippen molar-refractivity contribution >= 4 is 11.6 Å². The average Bonchev–Trinajstić information content (AvgIpc) is 2.11. The van der Waals surface area contributed by atoms with Gasteiger partial charge in [-0.25, -0.2) is 0 Å². The first-order valence-electron chi connectivity index (χ1n) is 3.48. The number of carbonyl (C=O) groups is 2. The zero-order valence-corrected chi connectivity index (χ0v) is 6.70. The maximum atomic E-state index is 10.7. The van der Waals surface area contributed by atoms with Crippen LogP contribution in [-0.4, -0.2) is 11.6 Å². The van der Waals surface area contributed by atoms with Gasteiger partial charge in [-0.05, 0) is 6.42 Å². The van der Waals surface area contributed by atoms with Gasteiger partial charge in [0.25, 0.3) is 0 Å². The lowest BCUT2D eigenvalue weighted by Crippen LogP contribution is -2.09. The van der Waals surface area contributed by atoms with E-state index in [2.05, 4.69) is 0 Å². The Balaban J connectivity index is 3.83. The minimum Gasteiger partial charge on any atom is -0.283 e. The molecule has 0 aliphatic carbocycles. The second-order valence-electron chi connectivity index (χ2n) is 2.45. The Kier molecular flexibility index (Phi) is 4.33. The highest BCUT2D eigenvalue weighted by Gasteiger charge is 2.13. The Morgan fingerprint density at radius 3 is 2.33 bits per heavy atom. The Morgan fingerprint density at radius 2 is 1.92 bits per heavy atom. The third kappa shape index (κ3) is 3.48. The second kappa shape index (κ2) is 5.03. The van der Waals surface area contributed by atoms with Gasteiger partial charge < -0.3 is 0 Å². The fourth-order valence-corrected chi connectivity index (χ4v) is 0.645. The SMILES string of the molecule is CC(CCC(=O)C#N)C(=O)C#N. The molecule has 0 rings (SSSR count). The lowest BCUT2D eigenvalue weighted by atomic mass is 10.0. The second-order valence-corrected chi connectivity index (χ2v) is 2.45. The van der Waals surface area contributed by atoms with Crippen molar-refractivity contribution < 1.29 is 9.59 Å². The van der Waals surface area contributed by atoms with Crippen LogP contribution in [0.15, 0.2) is 0 Å². The summed E-state index contributed by atoms with van der Waals surface area (Å²) in [5, 5.41) is 16.3. The van der Waals surface area contributed by atoms with Crippen molar-refractivity contribution in [3.8, 4) is 12.1 Å². The monoisotopic (exact) mass is 164 g/mol. The van der Waals surface area contributed by atoms with Crippen LogP contribution in [0.2, 0.25) is 0 Å². The summed E-state index contributed by atoms with van der Waals surface area (Å²) in [5.74, 6) is -1.54. The topological polar surface area (TPSA) is 81.7 Å². The first-order chi connectivity index (χ1) is 5.61. The summed E-state index contributed by atoms with van der Waals surface area (Å²) in [5.41, 5.74) is 0. The molecule has 0 radical (unpaired) electrons. The van der Waals surface area contributed by atoms with Crippen LogP contribution in [0.5, 0.6) is 0 Å². The molecule has 0 aromatic heterocycles. The van der Waals surface area contributed by atoms with E-state index in [4.69, 9.17) is 10.5 Å². The van der Waals surface area contributed by atoms with Crippen molar-refractivity contribution in [2.75, 3.05) is 0 Å². The van der Waals surface area contributed by atoms with Crippen molar-refractivity contribution in [2.24, 2.45) is 5.92 Å². The van der Waals surface area contributed by atoms with Crippen LogP contribution in [0, 0.1) is 28.6 Å². The smallest absolute Gasteiger partial charge is 0.234 e. The molecule has 0 heterocycles. The van der Waals surface area contributed by atoms with E-state index < -0.39 is 17.5 Å². The number of carbonyl (C=O) groups excluding carboxylic acids is 2. The van der Waals surface area contributed by atoms with Gasteiger partial charge >= 0.3 is 0 Å². The minimum atomic E-state index is -0.549. The van der Waals surface area contributed by atoms with Crippen LogP contribution in [0.1, 0.15) is 19.8 Å². The van der Waals surface area contributed by atoms with Crippen molar-refractivity contribution in [3.05, 3.63) is 0 Å². The quantitative estimate of drug-likeness (QED) is 0.569. The van der Waals surface area contributed by atoms with Crippen molar-refractivity contribution in [1.29, 1.82) is 10.5 Å². The average molecular weight is 164 g/mol. The highest BCUT2D eigenvalue weighted by Crippen LogP contribution is 2.06. The lowest BCUT2D eigenvalue weighted by Gasteiger charge is -2.00. The highest BCUT2D eigenvalue weighted by molar-refractivity contribution is 5.96. The molecule has 0 saturated heterocycles. The largest absolute Gasteiger partial charge is 0.283 e. The highest BCUT2D eigenvalue weighted by atomic mass is 16.1. The summed E-state index contributed by atoms with van der Waals surface area (Å²) in [4.78, 5) is 21.1. The van der Waals surface area contributed by atoms with Gasteiger partial charge in [-0.3, -0.25) is 9.59 Å². The molecule has 0 fully saturated rings. The summed E-state index contributed by atoms with van der Waals surface area (Å²) in [7, 11) is 0. The van der Waals surface area contributed by atoms with E-state index in [0.717, 1.165) is 0 Å². The van der Waals surface area contributed by atoms with Gasteiger partial charge in [0.1, 0.15) is 12.1 Å². The molecule has 1 atom stereocenters. The Morgan fingerprint density at radius 1 is 1.33 bits per heavy atom. The maximum absolute atomic E-state index is 10.7. The summed E-state index contributed by atoms with van der Waals surface area (Å²) < 4.78 is 0. The Bertz CT molecular complexity index is 270. The first kappa shape index (κ1) is 10.3. The van der Waals surface area contributed by atoms with E-state index in [9.17, 15) is 9.59 Å². The van der Waals surface area contributed by atoms with E-state index in [1.54, 1.807) is 6.92 Å². The van der Waals surface area contributed by atoms with Gasteiger partial charge in [0, 0.05) is 12.3 Å². The summed E-state index contributed by atoms with van der Waals surface area (Å²) >= 11 is 0. The Hall–Kier alpha value is -1.68. The third-order valence-electron chi connectivity index (χ3n) is 1.49. The number of nitriles is 2. The van der Waals surface area contributed by atoms with Gasteiger partial charge in [0.2, 0.25) is 11.6 Å². The Labute approximate surface area is 70.4 Å². The summed E-state index contributed by atoms with van der Waals surface area (Å²) in [6.45, 7) is 1.57. The van der Waals surface area contributed by atoms with E-state index in [1.165, 1.54) is 12.1 Å². The molecule has 4 heteroatoms. The number of Topliss-reactive ketones (excluding diaryl/α,β-unsaturated/α-hetero) is 2. The molecule has 4 nitrogen and oxygen atoms in total. The van der Waals surface area contributed by atoms with E-state index in [0.29, 0.717) is 0 Å². The van der Waals surface area contributed by atoms with Crippen LogP contribution in [0.4, 0.5) is 0 Å². The number of rotatable bonds is 4. The standard InChI is InChI=1S/C8H8N2O2/c1-6(8(12)5-10)2-3-7(11)4-9/h6H,2-3H2,1H3. The number of hydrogen-bond acceptors (Lipinski definition) is 4. The molecule has 0 aliphatic rings. The third-order valence-corrected chi connectivity index (χ3v) is 1.49. The number of nitrogens with zero attached hydrogens (tertiary/aromatic N) is 2. The zero-order valence-electron chi connectivity index (χ0n) is 6.70. The molecule has 0 amide bonds. The van der Waals surface area contributed by atoms with E-state index in [-0.39, 0.29) is 12.8 Å². The molecule has 62 valence electrons. The van der Waals surface area contributed by atoms with Gasteiger partial charge in [-0.15, -0.1) is 0 Å². The van der Waals surface area contributed by atoms with E-state index in [1.807, 2.05) is 0 Å². The molecule has 0 saturated carbocycles. The molecule has 0 bridgehead atoms. The minimum absolute atomic E-state index is 0.0467. The van der Waals surface area contributed by atoms with Crippen LogP contribution < -0.4 is 0 Å².